The number of para-hydroxylation sites is 1. The van der Waals surface area contributed by atoms with Gasteiger partial charge in [0.1, 0.15) is 0 Å². The molecule has 0 radical (unpaired) electrons. The zero-order valence-electron chi connectivity index (χ0n) is 16.7. The minimum atomic E-state index is -4.32. The molecule has 7 heteroatoms. The minimum absolute atomic E-state index is 0.255. The molecular formula is C23H27F3N4. The lowest BCUT2D eigenvalue weighted by molar-refractivity contribution is -0.137. The fraction of sp³-hybridized carbons (Fsp3) is 0.391. The molecule has 0 aromatic heterocycles. The number of fused-ring (bicyclic) bond motifs is 1. The molecule has 6 N–H and O–H groups in total. The number of rotatable bonds is 4. The van der Waals surface area contributed by atoms with Crippen LogP contribution in [0.5, 0.6) is 0 Å². The van der Waals surface area contributed by atoms with Crippen molar-refractivity contribution < 1.29 is 13.2 Å². The van der Waals surface area contributed by atoms with Crippen LogP contribution in [0, 0.1) is 5.92 Å². The molecule has 1 saturated carbocycles. The highest BCUT2D eigenvalue weighted by molar-refractivity contribution is 5.62. The second-order valence-electron chi connectivity index (χ2n) is 8.33. The molecule has 0 amide bonds. The van der Waals surface area contributed by atoms with Crippen molar-refractivity contribution in [3.05, 3.63) is 77.1 Å². The highest BCUT2D eigenvalue weighted by Crippen LogP contribution is 2.43. The van der Waals surface area contributed by atoms with Crippen molar-refractivity contribution in [2.45, 2.75) is 50.0 Å². The molecule has 4 nitrogen and oxygen atoms in total. The van der Waals surface area contributed by atoms with E-state index in [-0.39, 0.29) is 12.0 Å². The van der Waals surface area contributed by atoms with Gasteiger partial charge in [-0.15, -0.1) is 0 Å². The van der Waals surface area contributed by atoms with Gasteiger partial charge in [0.15, 0.2) is 0 Å². The zero-order valence-corrected chi connectivity index (χ0v) is 16.7. The summed E-state index contributed by atoms with van der Waals surface area (Å²) in [6.45, 7) is 0.423. The fourth-order valence-electron chi connectivity index (χ4n) is 4.73. The lowest BCUT2D eigenvalue weighted by Gasteiger charge is -2.43. The smallest absolute Gasteiger partial charge is 0.385 e. The summed E-state index contributed by atoms with van der Waals surface area (Å²) in [6, 6.07) is 13.7. The van der Waals surface area contributed by atoms with E-state index in [9.17, 15) is 13.2 Å². The molecular weight excluding hydrogens is 389 g/mol. The Morgan fingerprint density at radius 2 is 1.77 bits per heavy atom. The number of alkyl halides is 3. The van der Waals surface area contributed by atoms with Crippen molar-refractivity contribution in [3.63, 3.8) is 0 Å². The maximum atomic E-state index is 12.9. The number of nitrogens with two attached hydrogens (primary N) is 2. The van der Waals surface area contributed by atoms with Crippen molar-refractivity contribution in [1.29, 1.82) is 0 Å². The summed E-state index contributed by atoms with van der Waals surface area (Å²) in [7, 11) is 0. The Morgan fingerprint density at radius 1 is 1.03 bits per heavy atom. The third-order valence-electron chi connectivity index (χ3n) is 6.32. The molecule has 30 heavy (non-hydrogen) atoms. The molecule has 1 heterocycles. The van der Waals surface area contributed by atoms with E-state index >= 15 is 0 Å². The first-order valence-electron chi connectivity index (χ1n) is 10.3. The zero-order chi connectivity index (χ0) is 21.4. The molecule has 2 aromatic carbocycles. The summed E-state index contributed by atoms with van der Waals surface area (Å²) in [5.74, 6) is 0.826. The quantitative estimate of drug-likeness (QED) is 0.595. The number of benzene rings is 2. The molecule has 160 valence electrons. The molecule has 1 aliphatic carbocycles. The summed E-state index contributed by atoms with van der Waals surface area (Å²) < 4.78 is 38.7. The molecule has 2 aliphatic rings. The van der Waals surface area contributed by atoms with Gasteiger partial charge in [-0.25, -0.2) is 0 Å². The number of hydrogen-bond donors (Lipinski definition) is 4. The second-order valence-corrected chi connectivity index (χ2v) is 8.33. The Kier molecular flexibility index (Phi) is 5.51. The van der Waals surface area contributed by atoms with Crippen LogP contribution in [0.1, 0.15) is 42.4 Å². The maximum absolute atomic E-state index is 12.9. The summed E-state index contributed by atoms with van der Waals surface area (Å²) in [6.07, 6.45) is 1.31. The first kappa shape index (κ1) is 20.8. The predicted octanol–water partition coefficient (Wildman–Crippen LogP) is 4.43. The maximum Gasteiger partial charge on any atom is 0.416 e. The second kappa shape index (κ2) is 7.96. The monoisotopic (exact) mass is 416 g/mol. The summed E-state index contributed by atoms with van der Waals surface area (Å²) in [5.41, 5.74) is 14.4. The third-order valence-corrected chi connectivity index (χ3v) is 6.32. The fourth-order valence-corrected chi connectivity index (χ4v) is 4.73. The Hall–Kier alpha value is -2.51. The molecule has 0 spiro atoms. The molecule has 2 aromatic rings. The normalized spacial score (nSPS) is 26.5. The first-order valence-corrected chi connectivity index (χ1v) is 10.3. The molecule has 0 saturated heterocycles. The summed E-state index contributed by atoms with van der Waals surface area (Å²) in [5, 5.41) is 6.60. The Balaban J connectivity index is 1.38. The van der Waals surface area contributed by atoms with E-state index < -0.39 is 17.3 Å². The number of halogens is 3. The molecule has 0 bridgehead atoms. The number of nitrogens with one attached hydrogen (secondary N) is 2. The lowest BCUT2D eigenvalue weighted by Crippen LogP contribution is -2.48. The van der Waals surface area contributed by atoms with Crippen LogP contribution in [0.25, 0.3) is 0 Å². The van der Waals surface area contributed by atoms with Gasteiger partial charge in [0.05, 0.1) is 16.9 Å². The van der Waals surface area contributed by atoms with Gasteiger partial charge in [-0.1, -0.05) is 36.4 Å². The predicted molar refractivity (Wildman–Crippen MR) is 112 cm³/mol. The van der Waals surface area contributed by atoms with Gasteiger partial charge in [-0.05, 0) is 60.9 Å². The Bertz CT molecular complexity index is 932. The van der Waals surface area contributed by atoms with Gasteiger partial charge in [-0.2, -0.15) is 13.2 Å². The van der Waals surface area contributed by atoms with Crippen LogP contribution in [-0.4, -0.2) is 6.04 Å². The SMILES string of the molecule is NC1=CC(N)(C2CCC(NCc3cccc(C(F)(F)F)c3)CC2)c2ccccc2N1. The molecule has 1 unspecified atom stereocenters. The van der Waals surface area contributed by atoms with Crippen molar-refractivity contribution in [1.82, 2.24) is 5.32 Å². The van der Waals surface area contributed by atoms with E-state index in [4.69, 9.17) is 11.5 Å². The lowest BCUT2D eigenvalue weighted by atomic mass is 9.69. The third kappa shape index (κ3) is 4.18. The van der Waals surface area contributed by atoms with E-state index in [1.807, 2.05) is 30.3 Å². The van der Waals surface area contributed by atoms with Gasteiger partial charge in [-0.3, -0.25) is 0 Å². The highest BCUT2D eigenvalue weighted by Gasteiger charge is 2.40. The van der Waals surface area contributed by atoms with Crippen molar-refractivity contribution in [2.24, 2.45) is 17.4 Å². The summed E-state index contributed by atoms with van der Waals surface area (Å²) >= 11 is 0. The van der Waals surface area contributed by atoms with Crippen LogP contribution in [-0.2, 0) is 18.3 Å². The van der Waals surface area contributed by atoms with E-state index in [1.165, 1.54) is 12.1 Å². The van der Waals surface area contributed by atoms with Crippen molar-refractivity contribution in [2.75, 3.05) is 5.32 Å². The van der Waals surface area contributed by atoms with Gasteiger partial charge in [0.2, 0.25) is 0 Å². The standard InChI is InChI=1S/C23H27F3N4/c24-23(25,26)17-5-3-4-15(12-17)14-29-18-10-8-16(9-11-18)22(28)13-21(27)30-20-7-2-1-6-19(20)22/h1-7,12-13,16,18,29-30H,8-11,14,27-28H2. The summed E-state index contributed by atoms with van der Waals surface area (Å²) in [4.78, 5) is 0. The van der Waals surface area contributed by atoms with Crippen LogP contribution >= 0.6 is 0 Å². The average Bonchev–Trinajstić information content (AvgIpc) is 2.72. The van der Waals surface area contributed by atoms with Crippen LogP contribution in [0.3, 0.4) is 0 Å². The molecule has 1 atom stereocenters. The van der Waals surface area contributed by atoms with Gasteiger partial charge in [0, 0.05) is 18.3 Å². The van der Waals surface area contributed by atoms with Crippen LogP contribution < -0.4 is 22.1 Å². The largest absolute Gasteiger partial charge is 0.416 e. The molecule has 1 fully saturated rings. The van der Waals surface area contributed by atoms with E-state index in [0.717, 1.165) is 43.0 Å². The van der Waals surface area contributed by atoms with Gasteiger partial charge in [0.25, 0.3) is 0 Å². The van der Waals surface area contributed by atoms with E-state index in [1.54, 1.807) is 6.07 Å². The average molecular weight is 416 g/mol. The Labute approximate surface area is 174 Å². The minimum Gasteiger partial charge on any atom is -0.385 e. The molecule has 4 rings (SSSR count). The van der Waals surface area contributed by atoms with Crippen molar-refractivity contribution >= 4 is 5.69 Å². The van der Waals surface area contributed by atoms with Crippen LogP contribution in [0.15, 0.2) is 60.4 Å². The Morgan fingerprint density at radius 3 is 2.50 bits per heavy atom. The highest BCUT2D eigenvalue weighted by atomic mass is 19.4. The van der Waals surface area contributed by atoms with Gasteiger partial charge >= 0.3 is 6.18 Å². The topological polar surface area (TPSA) is 76.1 Å². The van der Waals surface area contributed by atoms with E-state index in [0.29, 0.717) is 17.9 Å². The first-order chi connectivity index (χ1) is 14.3. The molecule has 1 aliphatic heterocycles. The van der Waals surface area contributed by atoms with Crippen LogP contribution in [0.4, 0.5) is 18.9 Å². The van der Waals surface area contributed by atoms with Crippen LogP contribution in [0.2, 0.25) is 0 Å². The van der Waals surface area contributed by atoms with E-state index in [2.05, 4.69) is 10.6 Å². The number of hydrogen-bond acceptors (Lipinski definition) is 4. The van der Waals surface area contributed by atoms with Gasteiger partial charge < -0.3 is 22.1 Å². The van der Waals surface area contributed by atoms with Crippen molar-refractivity contribution in [3.8, 4) is 0 Å². The number of anilines is 1.